The molecule has 0 aliphatic carbocycles. The molecule has 0 saturated heterocycles. The van der Waals surface area contributed by atoms with E-state index in [1.54, 1.807) is 0 Å². The molecular weight excluding hydrogens is 339 g/mol. The third kappa shape index (κ3) is 2.97. The predicted molar refractivity (Wildman–Crippen MR) is 70.7 cm³/mol. The number of hydrogen-bond donors (Lipinski definition) is 0. The van der Waals surface area contributed by atoms with E-state index < -0.39 is 40.8 Å². The SMILES string of the molecule is COc1ccc(C(=O)Oc2c(F)c(F)c(F)c(F)c2F)cc1OC. The largest absolute Gasteiger partial charge is 0.493 e. The van der Waals surface area contributed by atoms with Crippen molar-refractivity contribution < 1.29 is 41.0 Å². The lowest BCUT2D eigenvalue weighted by Gasteiger charge is -2.11. The zero-order valence-electron chi connectivity index (χ0n) is 12.3. The zero-order valence-corrected chi connectivity index (χ0v) is 12.3. The Kier molecular flexibility index (Phi) is 4.91. The Labute approximate surface area is 132 Å². The van der Waals surface area contributed by atoms with E-state index in [0.29, 0.717) is 0 Å². The number of methoxy groups -OCH3 is 2. The van der Waals surface area contributed by atoms with Crippen LogP contribution in [0.1, 0.15) is 10.4 Å². The van der Waals surface area contributed by atoms with Crippen molar-refractivity contribution in [2.45, 2.75) is 0 Å². The van der Waals surface area contributed by atoms with E-state index in [2.05, 4.69) is 4.74 Å². The first-order chi connectivity index (χ1) is 11.3. The summed E-state index contributed by atoms with van der Waals surface area (Å²) in [4.78, 5) is 11.9. The Morgan fingerprint density at radius 2 is 1.29 bits per heavy atom. The topological polar surface area (TPSA) is 44.8 Å². The highest BCUT2D eigenvalue weighted by molar-refractivity contribution is 5.91. The van der Waals surface area contributed by atoms with Crippen molar-refractivity contribution in [2.24, 2.45) is 0 Å². The quantitative estimate of drug-likeness (QED) is 0.278. The third-order valence-corrected chi connectivity index (χ3v) is 2.98. The maximum absolute atomic E-state index is 13.5. The molecule has 0 aliphatic rings. The highest BCUT2D eigenvalue weighted by Crippen LogP contribution is 2.31. The second kappa shape index (κ2) is 6.73. The van der Waals surface area contributed by atoms with E-state index in [0.717, 1.165) is 12.1 Å². The van der Waals surface area contributed by atoms with E-state index in [9.17, 15) is 26.7 Å². The van der Waals surface area contributed by atoms with Crippen LogP contribution in [0.25, 0.3) is 0 Å². The summed E-state index contributed by atoms with van der Waals surface area (Å²) < 4.78 is 80.3. The summed E-state index contributed by atoms with van der Waals surface area (Å²) in [6, 6.07) is 3.58. The van der Waals surface area contributed by atoms with Crippen molar-refractivity contribution >= 4 is 5.97 Å². The molecule has 2 aromatic carbocycles. The van der Waals surface area contributed by atoms with Gasteiger partial charge in [0.2, 0.25) is 34.8 Å². The van der Waals surface area contributed by atoms with Gasteiger partial charge < -0.3 is 14.2 Å². The first-order valence-electron chi connectivity index (χ1n) is 6.27. The Morgan fingerprint density at radius 1 is 0.792 bits per heavy atom. The maximum atomic E-state index is 13.5. The molecule has 0 saturated carbocycles. The number of hydrogen-bond acceptors (Lipinski definition) is 4. The molecule has 9 heteroatoms. The molecule has 0 N–H and O–H groups in total. The summed E-state index contributed by atoms with van der Waals surface area (Å²) in [5.74, 6) is -14.0. The standard InChI is InChI=1S/C15H9F5O4/c1-22-7-4-3-6(5-8(7)23-2)15(21)24-14-12(19)10(17)9(16)11(18)13(14)20/h3-5H,1-2H3. The molecule has 0 atom stereocenters. The van der Waals surface area contributed by atoms with Gasteiger partial charge in [-0.15, -0.1) is 0 Å². The molecule has 0 fully saturated rings. The Hall–Kier alpha value is -2.84. The second-order valence-corrected chi connectivity index (χ2v) is 4.36. The summed E-state index contributed by atoms with van der Waals surface area (Å²) in [5, 5.41) is 0. The summed E-state index contributed by atoms with van der Waals surface area (Å²) in [5.41, 5.74) is -0.253. The number of esters is 1. The number of carbonyl (C=O) groups excluding carboxylic acids is 1. The summed E-state index contributed by atoms with van der Waals surface area (Å²) in [6.07, 6.45) is 0. The smallest absolute Gasteiger partial charge is 0.343 e. The summed E-state index contributed by atoms with van der Waals surface area (Å²) in [7, 11) is 2.61. The first kappa shape index (κ1) is 17.5. The summed E-state index contributed by atoms with van der Waals surface area (Å²) in [6.45, 7) is 0. The van der Waals surface area contributed by atoms with Crippen molar-refractivity contribution in [1.82, 2.24) is 0 Å². The number of halogens is 5. The van der Waals surface area contributed by atoms with E-state index >= 15 is 0 Å². The highest BCUT2D eigenvalue weighted by atomic mass is 19.2. The van der Waals surface area contributed by atoms with E-state index in [-0.39, 0.29) is 17.1 Å². The lowest BCUT2D eigenvalue weighted by atomic mass is 10.2. The highest BCUT2D eigenvalue weighted by Gasteiger charge is 2.29. The number of rotatable bonds is 4. The molecule has 2 rings (SSSR count). The lowest BCUT2D eigenvalue weighted by molar-refractivity contribution is 0.0715. The molecule has 0 unspecified atom stereocenters. The number of benzene rings is 2. The summed E-state index contributed by atoms with van der Waals surface area (Å²) >= 11 is 0. The van der Waals surface area contributed by atoms with Gasteiger partial charge in [0.25, 0.3) is 0 Å². The molecule has 4 nitrogen and oxygen atoms in total. The molecule has 0 heterocycles. The Bertz CT molecular complexity index is 778. The van der Waals surface area contributed by atoms with Gasteiger partial charge in [0, 0.05) is 0 Å². The molecule has 0 aliphatic heterocycles. The average molecular weight is 348 g/mol. The average Bonchev–Trinajstić information content (AvgIpc) is 2.61. The van der Waals surface area contributed by atoms with Gasteiger partial charge in [-0.2, -0.15) is 8.78 Å². The molecule has 128 valence electrons. The minimum absolute atomic E-state index is 0.101. The minimum Gasteiger partial charge on any atom is -0.493 e. The monoisotopic (exact) mass is 348 g/mol. The van der Waals surface area contributed by atoms with Crippen molar-refractivity contribution in [3.63, 3.8) is 0 Å². The molecule has 0 aromatic heterocycles. The van der Waals surface area contributed by atoms with Gasteiger partial charge in [-0.1, -0.05) is 0 Å². The van der Waals surface area contributed by atoms with Crippen molar-refractivity contribution in [3.05, 3.63) is 52.8 Å². The fourth-order valence-corrected chi connectivity index (χ4v) is 1.79. The van der Waals surface area contributed by atoms with Gasteiger partial charge in [0.15, 0.2) is 11.5 Å². The molecule has 24 heavy (non-hydrogen) atoms. The fourth-order valence-electron chi connectivity index (χ4n) is 1.79. The zero-order chi connectivity index (χ0) is 18.0. The van der Waals surface area contributed by atoms with Crippen LogP contribution < -0.4 is 14.2 Å². The predicted octanol–water partition coefficient (Wildman–Crippen LogP) is 3.62. The van der Waals surface area contributed by atoms with Gasteiger partial charge in [0.1, 0.15) is 0 Å². The van der Waals surface area contributed by atoms with Crippen LogP contribution in [0.5, 0.6) is 17.2 Å². The van der Waals surface area contributed by atoms with Gasteiger partial charge in [-0.25, -0.2) is 18.0 Å². The first-order valence-corrected chi connectivity index (χ1v) is 6.27. The van der Waals surface area contributed by atoms with Crippen LogP contribution in [0.3, 0.4) is 0 Å². The maximum Gasteiger partial charge on any atom is 0.343 e. The number of ether oxygens (including phenoxy) is 3. The van der Waals surface area contributed by atoms with E-state index in [1.807, 2.05) is 0 Å². The molecular formula is C15H9F5O4. The van der Waals surface area contributed by atoms with Crippen LogP contribution in [0.15, 0.2) is 18.2 Å². The molecule has 0 spiro atoms. The van der Waals surface area contributed by atoms with Gasteiger partial charge in [0.05, 0.1) is 19.8 Å². The minimum atomic E-state index is -2.35. The second-order valence-electron chi connectivity index (χ2n) is 4.36. The normalized spacial score (nSPS) is 10.5. The molecule has 0 bridgehead atoms. The van der Waals surface area contributed by atoms with Crippen molar-refractivity contribution in [1.29, 1.82) is 0 Å². The van der Waals surface area contributed by atoms with Crippen molar-refractivity contribution in [2.75, 3.05) is 14.2 Å². The van der Waals surface area contributed by atoms with E-state index in [4.69, 9.17) is 9.47 Å². The van der Waals surface area contributed by atoms with Gasteiger partial charge in [-0.05, 0) is 18.2 Å². The van der Waals surface area contributed by atoms with Gasteiger partial charge in [-0.3, -0.25) is 0 Å². The van der Waals surface area contributed by atoms with Crippen LogP contribution in [0, 0.1) is 29.1 Å². The van der Waals surface area contributed by atoms with Crippen LogP contribution in [-0.2, 0) is 0 Å². The molecule has 0 amide bonds. The van der Waals surface area contributed by atoms with Gasteiger partial charge >= 0.3 is 5.97 Å². The molecule has 0 radical (unpaired) electrons. The van der Waals surface area contributed by atoms with Crippen LogP contribution >= 0.6 is 0 Å². The Balaban J connectivity index is 2.41. The van der Waals surface area contributed by atoms with Crippen LogP contribution in [0.4, 0.5) is 22.0 Å². The van der Waals surface area contributed by atoms with E-state index in [1.165, 1.54) is 20.3 Å². The fraction of sp³-hybridized carbons (Fsp3) is 0.133. The third-order valence-electron chi connectivity index (χ3n) is 2.98. The van der Waals surface area contributed by atoms with Crippen LogP contribution in [-0.4, -0.2) is 20.2 Å². The van der Waals surface area contributed by atoms with Crippen molar-refractivity contribution in [3.8, 4) is 17.2 Å². The molecule has 2 aromatic rings. The number of carbonyl (C=O) groups is 1. The van der Waals surface area contributed by atoms with Crippen LogP contribution in [0.2, 0.25) is 0 Å². The Morgan fingerprint density at radius 3 is 1.79 bits per heavy atom. The lowest BCUT2D eigenvalue weighted by Crippen LogP contribution is -2.14.